The largest absolute Gasteiger partial charge is 0.390 e. The molecule has 18 heavy (non-hydrogen) atoms. The van der Waals surface area contributed by atoms with Crippen LogP contribution in [-0.4, -0.2) is 43.9 Å². The van der Waals surface area contributed by atoms with E-state index in [0.717, 1.165) is 17.8 Å². The van der Waals surface area contributed by atoms with E-state index >= 15 is 0 Å². The maximum Gasteiger partial charge on any atom is 0.139 e. The van der Waals surface area contributed by atoms with E-state index < -0.39 is 17.7 Å². The van der Waals surface area contributed by atoms with Crippen LogP contribution >= 0.6 is 11.8 Å². The van der Waals surface area contributed by atoms with E-state index in [1.54, 1.807) is 7.11 Å². The molecule has 0 amide bonds. The van der Waals surface area contributed by atoms with Crippen molar-refractivity contribution in [1.29, 1.82) is 0 Å². The lowest BCUT2D eigenvalue weighted by atomic mass is 10.3. The molecule has 3 nitrogen and oxygen atoms in total. The van der Waals surface area contributed by atoms with Gasteiger partial charge in [-0.3, -0.25) is 0 Å². The Hall–Kier alpha value is -0.690. The predicted octanol–water partition coefficient (Wildman–Crippen LogP) is 2.08. The summed E-state index contributed by atoms with van der Waals surface area (Å²) in [6.07, 6.45) is -0.698. The van der Waals surface area contributed by atoms with Crippen LogP contribution in [0.5, 0.6) is 0 Å². The molecule has 1 unspecified atom stereocenters. The fourth-order valence-corrected chi connectivity index (χ4v) is 2.02. The standard InChI is InChI=1S/C12H16F2O3S/c1-16-4-5-17-7-10(15)8-18-12-3-2-9(13)6-11(12)14/h2-3,6,10,15H,4-5,7-8H2,1H3. The van der Waals surface area contributed by atoms with Crippen LogP contribution in [0.4, 0.5) is 8.78 Å². The summed E-state index contributed by atoms with van der Waals surface area (Å²) in [5.41, 5.74) is 0. The average Bonchev–Trinajstić information content (AvgIpc) is 2.33. The number of hydrogen-bond donors (Lipinski definition) is 1. The highest BCUT2D eigenvalue weighted by Gasteiger charge is 2.09. The zero-order chi connectivity index (χ0) is 13.4. The van der Waals surface area contributed by atoms with Crippen LogP contribution in [0.2, 0.25) is 0 Å². The van der Waals surface area contributed by atoms with Crippen LogP contribution < -0.4 is 0 Å². The molecule has 0 heterocycles. The molecule has 0 aliphatic rings. The normalized spacial score (nSPS) is 12.7. The molecule has 0 radical (unpaired) electrons. The Morgan fingerprint density at radius 2 is 2.11 bits per heavy atom. The predicted molar refractivity (Wildman–Crippen MR) is 65.8 cm³/mol. The van der Waals surface area contributed by atoms with Gasteiger partial charge in [-0.15, -0.1) is 11.8 Å². The summed E-state index contributed by atoms with van der Waals surface area (Å²) in [6, 6.07) is 3.37. The Balaban J connectivity index is 2.27. The van der Waals surface area contributed by atoms with E-state index in [9.17, 15) is 13.9 Å². The molecule has 0 saturated carbocycles. The van der Waals surface area contributed by atoms with Gasteiger partial charge in [0.25, 0.3) is 0 Å². The Morgan fingerprint density at radius 1 is 1.33 bits per heavy atom. The lowest BCUT2D eigenvalue weighted by Crippen LogP contribution is -2.19. The number of aliphatic hydroxyl groups excluding tert-OH is 1. The summed E-state index contributed by atoms with van der Waals surface area (Å²) < 4.78 is 35.8. The Bertz CT molecular complexity index is 363. The minimum Gasteiger partial charge on any atom is -0.390 e. The molecular weight excluding hydrogens is 262 g/mol. The molecule has 0 fully saturated rings. The second kappa shape index (κ2) is 8.42. The van der Waals surface area contributed by atoms with Gasteiger partial charge in [-0.2, -0.15) is 0 Å². The number of methoxy groups -OCH3 is 1. The number of ether oxygens (including phenoxy) is 2. The van der Waals surface area contributed by atoms with E-state index in [1.165, 1.54) is 12.1 Å². The van der Waals surface area contributed by atoms with Gasteiger partial charge in [0.1, 0.15) is 11.6 Å². The van der Waals surface area contributed by atoms with Crippen molar-refractivity contribution < 1.29 is 23.4 Å². The van der Waals surface area contributed by atoms with Crippen molar-refractivity contribution in [1.82, 2.24) is 0 Å². The zero-order valence-electron chi connectivity index (χ0n) is 10.1. The number of halogens is 2. The van der Waals surface area contributed by atoms with Gasteiger partial charge >= 0.3 is 0 Å². The smallest absolute Gasteiger partial charge is 0.139 e. The van der Waals surface area contributed by atoms with Crippen LogP contribution in [0.1, 0.15) is 0 Å². The summed E-state index contributed by atoms with van der Waals surface area (Å²) in [7, 11) is 1.56. The number of benzene rings is 1. The molecule has 1 N–H and O–H groups in total. The maximum absolute atomic E-state index is 13.3. The van der Waals surface area contributed by atoms with Gasteiger partial charge in [0.05, 0.1) is 25.9 Å². The van der Waals surface area contributed by atoms with Crippen LogP contribution in [-0.2, 0) is 9.47 Å². The molecule has 0 aromatic heterocycles. The first kappa shape index (κ1) is 15.4. The third-order valence-corrected chi connectivity index (χ3v) is 3.26. The highest BCUT2D eigenvalue weighted by molar-refractivity contribution is 7.99. The monoisotopic (exact) mass is 278 g/mol. The number of aliphatic hydroxyl groups is 1. The van der Waals surface area contributed by atoms with E-state index in [2.05, 4.69) is 0 Å². The van der Waals surface area contributed by atoms with E-state index in [-0.39, 0.29) is 12.4 Å². The molecule has 0 saturated heterocycles. The summed E-state index contributed by atoms with van der Waals surface area (Å²) in [5, 5.41) is 9.57. The summed E-state index contributed by atoms with van der Waals surface area (Å²) in [6.45, 7) is 1.04. The second-order valence-electron chi connectivity index (χ2n) is 3.61. The van der Waals surface area contributed by atoms with Gasteiger partial charge in [-0.25, -0.2) is 8.78 Å². The highest BCUT2D eigenvalue weighted by Crippen LogP contribution is 2.22. The van der Waals surface area contributed by atoms with Crippen molar-refractivity contribution in [2.75, 3.05) is 32.7 Å². The van der Waals surface area contributed by atoms with Gasteiger partial charge in [0, 0.05) is 23.8 Å². The van der Waals surface area contributed by atoms with E-state index in [1.807, 2.05) is 0 Å². The van der Waals surface area contributed by atoms with Crippen molar-refractivity contribution in [2.45, 2.75) is 11.0 Å². The molecule has 0 bridgehead atoms. The molecular formula is C12H16F2O3S. The summed E-state index contributed by atoms with van der Waals surface area (Å²) in [4.78, 5) is 0.312. The third kappa shape index (κ3) is 5.77. The molecule has 1 atom stereocenters. The maximum atomic E-state index is 13.3. The fraction of sp³-hybridized carbons (Fsp3) is 0.500. The lowest BCUT2D eigenvalue weighted by Gasteiger charge is -2.11. The second-order valence-corrected chi connectivity index (χ2v) is 4.67. The van der Waals surface area contributed by atoms with Crippen LogP contribution in [0.25, 0.3) is 0 Å². The highest BCUT2D eigenvalue weighted by atomic mass is 32.2. The van der Waals surface area contributed by atoms with Crippen LogP contribution in [0, 0.1) is 11.6 Å². The van der Waals surface area contributed by atoms with Gasteiger partial charge < -0.3 is 14.6 Å². The minimum absolute atomic E-state index is 0.166. The Morgan fingerprint density at radius 3 is 2.78 bits per heavy atom. The topological polar surface area (TPSA) is 38.7 Å². The number of rotatable bonds is 8. The van der Waals surface area contributed by atoms with Gasteiger partial charge in [-0.05, 0) is 12.1 Å². The van der Waals surface area contributed by atoms with Gasteiger partial charge in [0.15, 0.2) is 0 Å². The van der Waals surface area contributed by atoms with Crippen molar-refractivity contribution in [3.05, 3.63) is 29.8 Å². The summed E-state index contributed by atoms with van der Waals surface area (Å²) in [5.74, 6) is -0.942. The van der Waals surface area contributed by atoms with E-state index in [4.69, 9.17) is 9.47 Å². The molecule has 1 rings (SSSR count). The van der Waals surface area contributed by atoms with Crippen molar-refractivity contribution in [3.8, 4) is 0 Å². The molecule has 0 aliphatic heterocycles. The number of thioether (sulfide) groups is 1. The van der Waals surface area contributed by atoms with Crippen molar-refractivity contribution in [2.24, 2.45) is 0 Å². The van der Waals surface area contributed by atoms with Gasteiger partial charge in [-0.1, -0.05) is 0 Å². The Kier molecular flexibility index (Phi) is 7.19. The van der Waals surface area contributed by atoms with Crippen LogP contribution in [0.15, 0.2) is 23.1 Å². The lowest BCUT2D eigenvalue weighted by molar-refractivity contribution is 0.0218. The van der Waals surface area contributed by atoms with Gasteiger partial charge in [0.2, 0.25) is 0 Å². The average molecular weight is 278 g/mol. The first-order chi connectivity index (χ1) is 8.63. The third-order valence-electron chi connectivity index (χ3n) is 2.07. The molecule has 1 aromatic carbocycles. The van der Waals surface area contributed by atoms with Crippen molar-refractivity contribution >= 4 is 11.8 Å². The molecule has 1 aromatic rings. The Labute approximate surface area is 109 Å². The SMILES string of the molecule is COCCOCC(O)CSc1ccc(F)cc1F. The minimum atomic E-state index is -0.698. The first-order valence-electron chi connectivity index (χ1n) is 5.46. The fourth-order valence-electron chi connectivity index (χ4n) is 1.19. The molecule has 0 aliphatic carbocycles. The number of hydrogen-bond acceptors (Lipinski definition) is 4. The first-order valence-corrected chi connectivity index (χ1v) is 6.44. The molecule has 102 valence electrons. The molecule has 6 heteroatoms. The van der Waals surface area contributed by atoms with Crippen molar-refractivity contribution in [3.63, 3.8) is 0 Å². The molecule has 0 spiro atoms. The van der Waals surface area contributed by atoms with Crippen LogP contribution in [0.3, 0.4) is 0 Å². The quantitative estimate of drug-likeness (QED) is 0.584. The summed E-state index contributed by atoms with van der Waals surface area (Å²) >= 11 is 1.12. The zero-order valence-corrected chi connectivity index (χ0v) is 10.9. The van der Waals surface area contributed by atoms with E-state index in [0.29, 0.717) is 18.1 Å².